The van der Waals surface area contributed by atoms with E-state index in [1.807, 2.05) is 0 Å². The molecule has 0 saturated carbocycles. The summed E-state index contributed by atoms with van der Waals surface area (Å²) >= 11 is 0. The van der Waals surface area contributed by atoms with Crippen molar-refractivity contribution in [3.05, 3.63) is 0 Å². The average Bonchev–Trinajstić information content (AvgIpc) is 2.57. The topological polar surface area (TPSA) is 29.5 Å². The third kappa shape index (κ3) is 3.74. The lowest BCUT2D eigenvalue weighted by Gasteiger charge is -2.24. The molecule has 1 aliphatic heterocycles. The highest BCUT2D eigenvalue weighted by atomic mass is 19.4. The summed E-state index contributed by atoms with van der Waals surface area (Å²) in [6.07, 6.45) is -5.32. The minimum Gasteiger partial charge on any atom is -0.444 e. The Morgan fingerprint density at radius 1 is 1.28 bits per heavy atom. The third-order valence-corrected chi connectivity index (χ3v) is 2.71. The van der Waals surface area contributed by atoms with Crippen LogP contribution in [-0.4, -0.2) is 42.5 Å². The van der Waals surface area contributed by atoms with E-state index in [1.165, 1.54) is 0 Å². The summed E-state index contributed by atoms with van der Waals surface area (Å²) in [6, 6.07) is 0. The molecule has 0 N–H and O–H groups in total. The summed E-state index contributed by atoms with van der Waals surface area (Å²) in [7, 11) is 0. The maximum Gasteiger partial charge on any atom is 0.410 e. The fourth-order valence-electron chi connectivity index (χ4n) is 1.87. The number of ether oxygens (including phenoxy) is 1. The van der Waals surface area contributed by atoms with E-state index < -0.39 is 42.9 Å². The Hall–Kier alpha value is -1.01. The smallest absolute Gasteiger partial charge is 0.410 e. The molecule has 2 unspecified atom stereocenters. The van der Waals surface area contributed by atoms with E-state index in [0.717, 1.165) is 4.90 Å². The minimum atomic E-state index is -4.49. The van der Waals surface area contributed by atoms with Gasteiger partial charge >= 0.3 is 12.3 Å². The predicted octanol–water partition coefficient (Wildman–Crippen LogP) is 3.00. The van der Waals surface area contributed by atoms with Crippen LogP contribution in [0.5, 0.6) is 0 Å². The van der Waals surface area contributed by atoms with Gasteiger partial charge in [-0.25, -0.2) is 4.79 Å². The van der Waals surface area contributed by atoms with E-state index in [0.29, 0.717) is 0 Å². The van der Waals surface area contributed by atoms with Gasteiger partial charge in [-0.1, -0.05) is 0 Å². The Labute approximate surface area is 103 Å². The fraction of sp³-hybridized carbons (Fsp3) is 0.909. The molecule has 1 heterocycles. The standard InChI is InChI=1S/C11H17F4NO2/c1-10(2,3)18-9(17)16-5-7(4-12)8(6-16)11(13,14)15/h7-8H,4-6H2,1-3H3. The minimum absolute atomic E-state index is 0.254. The number of likely N-dealkylation sites (tertiary alicyclic amines) is 1. The molecule has 1 saturated heterocycles. The van der Waals surface area contributed by atoms with Crippen molar-refractivity contribution in [3.8, 4) is 0 Å². The van der Waals surface area contributed by atoms with Crippen molar-refractivity contribution in [3.63, 3.8) is 0 Å². The summed E-state index contributed by atoms with van der Waals surface area (Å²) in [5.41, 5.74) is -0.779. The number of amides is 1. The van der Waals surface area contributed by atoms with Gasteiger partial charge in [0.15, 0.2) is 0 Å². The highest BCUT2D eigenvalue weighted by Crippen LogP contribution is 2.38. The molecule has 0 aliphatic carbocycles. The fourth-order valence-corrected chi connectivity index (χ4v) is 1.87. The molecule has 7 heteroatoms. The first-order chi connectivity index (χ1) is 8.04. The number of carbonyl (C=O) groups excluding carboxylic acids is 1. The van der Waals surface area contributed by atoms with Crippen molar-refractivity contribution in [2.24, 2.45) is 11.8 Å². The van der Waals surface area contributed by atoms with Crippen molar-refractivity contribution in [1.29, 1.82) is 0 Å². The Bertz CT molecular complexity index is 311. The van der Waals surface area contributed by atoms with Crippen LogP contribution in [0.15, 0.2) is 0 Å². The van der Waals surface area contributed by atoms with Crippen LogP contribution >= 0.6 is 0 Å². The lowest BCUT2D eigenvalue weighted by atomic mass is 9.97. The molecular formula is C11H17F4NO2. The third-order valence-electron chi connectivity index (χ3n) is 2.71. The van der Waals surface area contributed by atoms with E-state index in [9.17, 15) is 22.4 Å². The van der Waals surface area contributed by atoms with Gasteiger partial charge in [0.1, 0.15) is 5.60 Å². The maximum atomic E-state index is 12.6. The van der Waals surface area contributed by atoms with Gasteiger partial charge in [0.2, 0.25) is 0 Å². The Balaban J connectivity index is 2.70. The van der Waals surface area contributed by atoms with Gasteiger partial charge in [-0.15, -0.1) is 0 Å². The first kappa shape index (κ1) is 15.0. The number of carbonyl (C=O) groups is 1. The molecule has 1 amide bonds. The molecule has 2 atom stereocenters. The molecule has 0 aromatic carbocycles. The summed E-state index contributed by atoms with van der Waals surface area (Å²) in [6.45, 7) is 2.98. The average molecular weight is 271 g/mol. The second-order valence-electron chi connectivity index (χ2n) is 5.45. The van der Waals surface area contributed by atoms with Gasteiger partial charge in [0.05, 0.1) is 12.6 Å². The van der Waals surface area contributed by atoms with Gasteiger partial charge in [0, 0.05) is 19.0 Å². The van der Waals surface area contributed by atoms with Crippen molar-refractivity contribution in [2.45, 2.75) is 32.5 Å². The molecule has 1 fully saturated rings. The van der Waals surface area contributed by atoms with Crippen LogP contribution in [0.3, 0.4) is 0 Å². The molecule has 3 nitrogen and oxygen atoms in total. The molecule has 0 spiro atoms. The SMILES string of the molecule is CC(C)(C)OC(=O)N1CC(CF)C(C(F)(F)F)C1. The van der Waals surface area contributed by atoms with E-state index in [4.69, 9.17) is 4.74 Å². The number of halogens is 4. The van der Waals surface area contributed by atoms with Crippen molar-refractivity contribution in [2.75, 3.05) is 19.8 Å². The van der Waals surface area contributed by atoms with E-state index >= 15 is 0 Å². The summed E-state index contributed by atoms with van der Waals surface area (Å²) in [5, 5.41) is 0. The highest BCUT2D eigenvalue weighted by Gasteiger charge is 2.51. The van der Waals surface area contributed by atoms with Crippen LogP contribution in [0.1, 0.15) is 20.8 Å². The zero-order chi connectivity index (χ0) is 14.1. The number of rotatable bonds is 1. The lowest BCUT2D eigenvalue weighted by molar-refractivity contribution is -0.181. The normalized spacial score (nSPS) is 25.4. The lowest BCUT2D eigenvalue weighted by Crippen LogP contribution is -2.36. The quantitative estimate of drug-likeness (QED) is 0.686. The van der Waals surface area contributed by atoms with Crippen molar-refractivity contribution >= 4 is 6.09 Å². The number of hydrogen-bond donors (Lipinski definition) is 0. The van der Waals surface area contributed by atoms with Gasteiger partial charge in [0.25, 0.3) is 0 Å². The van der Waals surface area contributed by atoms with E-state index in [-0.39, 0.29) is 6.54 Å². The van der Waals surface area contributed by atoms with Crippen LogP contribution in [0, 0.1) is 11.8 Å². The van der Waals surface area contributed by atoms with E-state index in [2.05, 4.69) is 0 Å². The molecule has 1 rings (SSSR count). The molecule has 106 valence electrons. The zero-order valence-corrected chi connectivity index (χ0v) is 10.6. The predicted molar refractivity (Wildman–Crippen MR) is 56.8 cm³/mol. The molecule has 0 radical (unpaired) electrons. The van der Waals surface area contributed by atoms with Crippen molar-refractivity contribution < 1.29 is 27.1 Å². The van der Waals surface area contributed by atoms with Crippen LogP contribution in [0.25, 0.3) is 0 Å². The number of hydrogen-bond acceptors (Lipinski definition) is 2. The second-order valence-corrected chi connectivity index (χ2v) is 5.45. The first-order valence-electron chi connectivity index (χ1n) is 5.65. The molecule has 0 bridgehead atoms. The summed E-state index contributed by atoms with van der Waals surface area (Å²) < 4.78 is 55.4. The highest BCUT2D eigenvalue weighted by molar-refractivity contribution is 5.68. The maximum absolute atomic E-state index is 12.6. The van der Waals surface area contributed by atoms with Crippen LogP contribution in [0.2, 0.25) is 0 Å². The van der Waals surface area contributed by atoms with Gasteiger partial charge < -0.3 is 9.64 Å². The van der Waals surface area contributed by atoms with Crippen molar-refractivity contribution in [1.82, 2.24) is 4.90 Å². The molecule has 0 aromatic rings. The Kier molecular flexibility index (Phi) is 4.12. The van der Waals surface area contributed by atoms with E-state index in [1.54, 1.807) is 20.8 Å². The van der Waals surface area contributed by atoms with Crippen LogP contribution in [0.4, 0.5) is 22.4 Å². The monoisotopic (exact) mass is 271 g/mol. The summed E-state index contributed by atoms with van der Waals surface area (Å²) in [4.78, 5) is 12.5. The first-order valence-corrected chi connectivity index (χ1v) is 5.65. The van der Waals surface area contributed by atoms with Crippen LogP contribution in [-0.2, 0) is 4.74 Å². The summed E-state index contributed by atoms with van der Waals surface area (Å²) in [5.74, 6) is -3.01. The Morgan fingerprint density at radius 2 is 1.83 bits per heavy atom. The zero-order valence-electron chi connectivity index (χ0n) is 10.6. The Morgan fingerprint density at radius 3 is 2.17 bits per heavy atom. The number of alkyl halides is 4. The molecular weight excluding hydrogens is 254 g/mol. The molecule has 1 aliphatic rings. The van der Waals surface area contributed by atoms with Gasteiger partial charge in [-0.05, 0) is 20.8 Å². The van der Waals surface area contributed by atoms with Gasteiger partial charge in [-0.2, -0.15) is 13.2 Å². The number of nitrogens with zero attached hydrogens (tertiary/aromatic N) is 1. The largest absolute Gasteiger partial charge is 0.444 e. The van der Waals surface area contributed by atoms with Crippen LogP contribution < -0.4 is 0 Å². The molecule has 18 heavy (non-hydrogen) atoms. The second kappa shape index (κ2) is 4.93. The van der Waals surface area contributed by atoms with Gasteiger partial charge in [-0.3, -0.25) is 4.39 Å². The molecule has 0 aromatic heterocycles.